The summed E-state index contributed by atoms with van der Waals surface area (Å²) >= 11 is 0. The first-order valence-electron chi connectivity index (χ1n) is 7.94. The quantitative estimate of drug-likeness (QED) is 0.818. The maximum atomic E-state index is 11.8. The van der Waals surface area contributed by atoms with E-state index >= 15 is 0 Å². The first-order chi connectivity index (χ1) is 11.1. The topological polar surface area (TPSA) is 60.2 Å². The van der Waals surface area contributed by atoms with Crippen LogP contribution in [0.15, 0.2) is 36.5 Å². The zero-order valence-corrected chi connectivity index (χ0v) is 13.6. The van der Waals surface area contributed by atoms with E-state index in [4.69, 9.17) is 4.74 Å². The van der Waals surface area contributed by atoms with Crippen LogP contribution in [0.4, 0.5) is 0 Å². The highest BCUT2D eigenvalue weighted by molar-refractivity contribution is 5.78. The normalized spacial score (nSPS) is 15.0. The standard InChI is InChI=1S/C17H22N4O2/c1-13(2)17(22)20-9-16(10-20)21-8-15(18-19-21)12-23-11-14-6-4-3-5-7-14/h3-8,13,16H,9-12H2,1-2H3. The number of hydrogen-bond acceptors (Lipinski definition) is 4. The van der Waals surface area contributed by atoms with E-state index in [0.29, 0.717) is 26.3 Å². The van der Waals surface area contributed by atoms with Crippen LogP contribution in [0.3, 0.4) is 0 Å². The highest BCUT2D eigenvalue weighted by Gasteiger charge is 2.33. The molecule has 1 saturated heterocycles. The van der Waals surface area contributed by atoms with Gasteiger partial charge >= 0.3 is 0 Å². The SMILES string of the molecule is CC(C)C(=O)N1CC(n2cc(COCc3ccccc3)nn2)C1. The number of amides is 1. The second kappa shape index (κ2) is 6.91. The Morgan fingerprint density at radius 1 is 1.26 bits per heavy atom. The molecule has 0 aliphatic carbocycles. The van der Waals surface area contributed by atoms with E-state index in [1.54, 1.807) is 0 Å². The molecule has 3 rings (SSSR count). The summed E-state index contributed by atoms with van der Waals surface area (Å²) in [7, 11) is 0. The van der Waals surface area contributed by atoms with Gasteiger partial charge in [-0.1, -0.05) is 49.4 Å². The number of carbonyl (C=O) groups excluding carboxylic acids is 1. The van der Waals surface area contributed by atoms with Crippen LogP contribution in [-0.4, -0.2) is 38.9 Å². The van der Waals surface area contributed by atoms with Gasteiger partial charge in [0.15, 0.2) is 0 Å². The summed E-state index contributed by atoms with van der Waals surface area (Å²) < 4.78 is 7.50. The number of rotatable bonds is 6. The molecule has 0 radical (unpaired) electrons. The molecule has 0 unspecified atom stereocenters. The largest absolute Gasteiger partial charge is 0.370 e. The summed E-state index contributed by atoms with van der Waals surface area (Å²) in [6, 6.07) is 10.3. The highest BCUT2D eigenvalue weighted by Crippen LogP contribution is 2.22. The monoisotopic (exact) mass is 314 g/mol. The smallest absolute Gasteiger partial charge is 0.225 e. The van der Waals surface area contributed by atoms with Gasteiger partial charge in [0, 0.05) is 19.0 Å². The van der Waals surface area contributed by atoms with Crippen LogP contribution in [0.2, 0.25) is 0 Å². The fourth-order valence-corrected chi connectivity index (χ4v) is 2.57. The van der Waals surface area contributed by atoms with Crippen LogP contribution in [-0.2, 0) is 22.7 Å². The minimum Gasteiger partial charge on any atom is -0.370 e. The maximum absolute atomic E-state index is 11.8. The molecule has 2 heterocycles. The molecule has 0 saturated carbocycles. The van der Waals surface area contributed by atoms with E-state index in [2.05, 4.69) is 10.3 Å². The molecule has 1 aliphatic heterocycles. The summed E-state index contributed by atoms with van der Waals surface area (Å²) in [5, 5.41) is 8.29. The molecule has 6 nitrogen and oxygen atoms in total. The Kier molecular flexibility index (Phi) is 4.71. The van der Waals surface area contributed by atoms with E-state index in [-0.39, 0.29) is 17.9 Å². The van der Waals surface area contributed by atoms with Crippen molar-refractivity contribution in [2.45, 2.75) is 33.1 Å². The highest BCUT2D eigenvalue weighted by atomic mass is 16.5. The molecular weight excluding hydrogens is 292 g/mol. The molecule has 122 valence electrons. The molecule has 0 atom stereocenters. The fourth-order valence-electron chi connectivity index (χ4n) is 2.57. The molecular formula is C17H22N4O2. The Morgan fingerprint density at radius 3 is 2.70 bits per heavy atom. The van der Waals surface area contributed by atoms with Crippen molar-refractivity contribution in [1.29, 1.82) is 0 Å². The van der Waals surface area contributed by atoms with Crippen LogP contribution in [0.25, 0.3) is 0 Å². The van der Waals surface area contributed by atoms with Crippen molar-refractivity contribution in [3.05, 3.63) is 47.8 Å². The minimum absolute atomic E-state index is 0.0497. The van der Waals surface area contributed by atoms with Crippen molar-refractivity contribution in [1.82, 2.24) is 19.9 Å². The van der Waals surface area contributed by atoms with Crippen LogP contribution in [0.1, 0.15) is 31.1 Å². The van der Waals surface area contributed by atoms with E-state index in [1.807, 2.05) is 60.0 Å². The number of benzene rings is 1. The van der Waals surface area contributed by atoms with E-state index < -0.39 is 0 Å². The lowest BCUT2D eigenvalue weighted by Gasteiger charge is -2.39. The van der Waals surface area contributed by atoms with E-state index in [1.165, 1.54) is 0 Å². The lowest BCUT2D eigenvalue weighted by molar-refractivity contribution is -0.140. The number of hydrogen-bond donors (Lipinski definition) is 0. The average molecular weight is 314 g/mol. The molecule has 0 N–H and O–H groups in total. The Labute approximate surface area is 136 Å². The molecule has 1 aliphatic rings. The van der Waals surface area contributed by atoms with Gasteiger partial charge in [-0.2, -0.15) is 0 Å². The third-order valence-corrected chi connectivity index (χ3v) is 3.96. The van der Waals surface area contributed by atoms with Crippen LogP contribution < -0.4 is 0 Å². The van der Waals surface area contributed by atoms with Crippen molar-refractivity contribution in [2.75, 3.05) is 13.1 Å². The summed E-state index contributed by atoms with van der Waals surface area (Å²) in [6.07, 6.45) is 1.91. The molecule has 23 heavy (non-hydrogen) atoms. The van der Waals surface area contributed by atoms with Gasteiger partial charge in [0.2, 0.25) is 5.91 Å². The third-order valence-electron chi connectivity index (χ3n) is 3.96. The predicted octanol–water partition coefficient (Wildman–Crippen LogP) is 2.03. The Bertz CT molecular complexity index is 648. The minimum atomic E-state index is 0.0497. The van der Waals surface area contributed by atoms with Gasteiger partial charge in [-0.25, -0.2) is 4.68 Å². The van der Waals surface area contributed by atoms with Gasteiger partial charge in [-0.3, -0.25) is 4.79 Å². The maximum Gasteiger partial charge on any atom is 0.225 e. The van der Waals surface area contributed by atoms with Crippen molar-refractivity contribution in [3.8, 4) is 0 Å². The predicted molar refractivity (Wildman–Crippen MR) is 85.4 cm³/mol. The van der Waals surface area contributed by atoms with Crippen LogP contribution in [0.5, 0.6) is 0 Å². The summed E-state index contributed by atoms with van der Waals surface area (Å²) in [5.41, 5.74) is 1.95. The van der Waals surface area contributed by atoms with E-state index in [9.17, 15) is 4.79 Å². The van der Waals surface area contributed by atoms with Gasteiger partial charge < -0.3 is 9.64 Å². The van der Waals surface area contributed by atoms with Gasteiger partial charge in [0.1, 0.15) is 5.69 Å². The first-order valence-corrected chi connectivity index (χ1v) is 7.94. The lowest BCUT2D eigenvalue weighted by atomic mass is 10.1. The average Bonchev–Trinajstić information content (AvgIpc) is 2.95. The third kappa shape index (κ3) is 3.76. The molecule has 1 fully saturated rings. The second-order valence-corrected chi connectivity index (χ2v) is 6.22. The lowest BCUT2D eigenvalue weighted by Crippen LogP contribution is -2.52. The molecule has 2 aromatic rings. The Morgan fingerprint density at radius 2 is 2.00 bits per heavy atom. The summed E-state index contributed by atoms with van der Waals surface area (Å²) in [4.78, 5) is 13.7. The Hall–Kier alpha value is -2.21. The number of ether oxygens (including phenoxy) is 1. The number of aromatic nitrogens is 3. The molecule has 1 amide bonds. The number of likely N-dealkylation sites (tertiary alicyclic amines) is 1. The van der Waals surface area contributed by atoms with Crippen LogP contribution >= 0.6 is 0 Å². The number of carbonyl (C=O) groups is 1. The Balaban J connectivity index is 1.45. The van der Waals surface area contributed by atoms with Crippen LogP contribution in [0, 0.1) is 5.92 Å². The van der Waals surface area contributed by atoms with Crippen molar-refractivity contribution in [2.24, 2.45) is 5.92 Å². The molecule has 0 spiro atoms. The summed E-state index contributed by atoms with van der Waals surface area (Å²) in [6.45, 7) is 6.28. The fraction of sp³-hybridized carbons (Fsp3) is 0.471. The van der Waals surface area contributed by atoms with Gasteiger partial charge in [-0.15, -0.1) is 5.10 Å². The van der Waals surface area contributed by atoms with Gasteiger partial charge in [-0.05, 0) is 5.56 Å². The van der Waals surface area contributed by atoms with E-state index in [0.717, 1.165) is 11.3 Å². The molecule has 1 aromatic carbocycles. The second-order valence-electron chi connectivity index (χ2n) is 6.22. The van der Waals surface area contributed by atoms with Gasteiger partial charge in [0.25, 0.3) is 0 Å². The zero-order chi connectivity index (χ0) is 16.2. The molecule has 1 aromatic heterocycles. The van der Waals surface area contributed by atoms with Crippen molar-refractivity contribution >= 4 is 5.91 Å². The first kappa shape index (κ1) is 15.7. The van der Waals surface area contributed by atoms with Gasteiger partial charge in [0.05, 0.1) is 25.5 Å². The molecule has 6 heteroatoms. The van der Waals surface area contributed by atoms with Crippen molar-refractivity contribution < 1.29 is 9.53 Å². The zero-order valence-electron chi connectivity index (χ0n) is 13.6. The van der Waals surface area contributed by atoms with Crippen molar-refractivity contribution in [3.63, 3.8) is 0 Å². The summed E-state index contributed by atoms with van der Waals surface area (Å²) in [5.74, 6) is 0.251. The number of nitrogens with zero attached hydrogens (tertiary/aromatic N) is 4. The molecule has 0 bridgehead atoms.